The summed E-state index contributed by atoms with van der Waals surface area (Å²) in [5.74, 6) is 0. The van der Waals surface area contributed by atoms with Gasteiger partial charge in [0.1, 0.15) is 0 Å². The van der Waals surface area contributed by atoms with E-state index in [1.54, 1.807) is 0 Å². The summed E-state index contributed by atoms with van der Waals surface area (Å²) in [5.41, 5.74) is 0. The second kappa shape index (κ2) is 4.88. The maximum absolute atomic E-state index is 9.73. The predicted octanol–water partition coefficient (Wildman–Crippen LogP) is 2.12. The van der Waals surface area contributed by atoms with Crippen LogP contribution in [0.15, 0.2) is 0 Å². The summed E-state index contributed by atoms with van der Waals surface area (Å²) in [7, 11) is -4.12. The molecule has 0 aliphatic rings. The molecule has 5 heteroatoms. The van der Waals surface area contributed by atoms with E-state index in [2.05, 4.69) is 0 Å². The Hall–Kier alpha value is 0.882. The van der Waals surface area contributed by atoms with Gasteiger partial charge in [-0.1, -0.05) is 0 Å². The zero-order valence-electron chi connectivity index (χ0n) is 1.90. The molecule has 36 valence electrons. The third kappa shape index (κ3) is 52.1. The Kier molecular flexibility index (Phi) is 9.08. The molecule has 0 unspecified atom stereocenters. The molecule has 0 saturated carbocycles. The second-order valence-corrected chi connectivity index (χ2v) is 0.575. The van der Waals surface area contributed by atoms with E-state index in [9.17, 15) is 12.6 Å². The van der Waals surface area contributed by atoms with Crippen LogP contribution in [0.3, 0.4) is 0 Å². The maximum Gasteiger partial charge on any atom is 0.456 e. The molecule has 0 aromatic heterocycles. The van der Waals surface area contributed by atoms with Crippen molar-refractivity contribution in [3.63, 3.8) is 0 Å². The molecule has 0 saturated heterocycles. The normalized spacial score (nSPS) is 7.20. The van der Waals surface area contributed by atoms with E-state index in [0.29, 0.717) is 0 Å². The smallest absolute Gasteiger partial charge is 0.152 e. The summed E-state index contributed by atoms with van der Waals surface area (Å²) >= 11 is 0. The van der Waals surface area contributed by atoms with Crippen LogP contribution in [-0.4, -0.2) is 0 Å². The van der Waals surface area contributed by atoms with Crippen LogP contribution >= 0.6 is 8.85 Å². The van der Waals surface area contributed by atoms with Gasteiger partial charge in [0.2, 0.25) is 0 Å². The van der Waals surface area contributed by atoms with E-state index in [1.165, 1.54) is 0 Å². The van der Waals surface area contributed by atoms with Gasteiger partial charge in [0, 0.05) is 20.4 Å². The SMILES string of the molecule is FP(F)F.[Pd]. The molecule has 0 amide bonds. The third-order valence-electron chi connectivity index (χ3n) is 0. The Labute approximate surface area is 42.5 Å². The van der Waals surface area contributed by atoms with E-state index in [1.807, 2.05) is 0 Å². The molecule has 0 aromatic rings. The van der Waals surface area contributed by atoms with E-state index < -0.39 is 8.85 Å². The molecule has 0 rings (SSSR count). The Balaban J connectivity index is 0. The Morgan fingerprint density at radius 2 is 1.00 bits per heavy atom. The third-order valence-corrected chi connectivity index (χ3v) is 0. The Bertz CT molecular complexity index is 11.6. The van der Waals surface area contributed by atoms with Gasteiger partial charge in [-0.05, 0) is 0 Å². The van der Waals surface area contributed by atoms with Gasteiger partial charge in [0.15, 0.2) is 0 Å². The Morgan fingerprint density at radius 1 is 1.00 bits per heavy atom. The van der Waals surface area contributed by atoms with Gasteiger partial charge in [-0.25, -0.2) is 0 Å². The van der Waals surface area contributed by atoms with Gasteiger partial charge < -0.3 is 0 Å². The first-order valence-electron chi connectivity index (χ1n) is 0.507. The molecule has 0 radical (unpaired) electrons. The zero-order valence-corrected chi connectivity index (χ0v) is 4.35. The molecular weight excluding hydrogens is 194 g/mol. The molecule has 5 heavy (non-hydrogen) atoms. The van der Waals surface area contributed by atoms with E-state index in [0.717, 1.165) is 0 Å². The van der Waals surface area contributed by atoms with E-state index >= 15 is 0 Å². The minimum atomic E-state index is -4.12. The van der Waals surface area contributed by atoms with Crippen molar-refractivity contribution in [1.29, 1.82) is 0 Å². The average molecular weight is 194 g/mol. The summed E-state index contributed by atoms with van der Waals surface area (Å²) < 4.78 is 29.2. The van der Waals surface area contributed by atoms with Crippen molar-refractivity contribution in [2.24, 2.45) is 0 Å². The standard InChI is InChI=1S/F3P.Pd/c1-4(2)3;. The quantitative estimate of drug-likeness (QED) is 0.409. The largest absolute Gasteiger partial charge is 0.456 e. The molecule has 0 aliphatic carbocycles. The van der Waals surface area contributed by atoms with Gasteiger partial charge in [0.05, 0.1) is 0 Å². The molecular formula is F3PPd. The number of hydrogen-bond acceptors (Lipinski definition) is 0. The minimum Gasteiger partial charge on any atom is -0.152 e. The van der Waals surface area contributed by atoms with Crippen molar-refractivity contribution in [2.45, 2.75) is 0 Å². The van der Waals surface area contributed by atoms with Crippen LogP contribution in [0.4, 0.5) is 12.6 Å². The van der Waals surface area contributed by atoms with E-state index in [4.69, 9.17) is 0 Å². The molecule has 0 N–H and O–H groups in total. The molecule has 0 nitrogen and oxygen atoms in total. The molecule has 0 aliphatic heterocycles. The van der Waals surface area contributed by atoms with Crippen molar-refractivity contribution in [3.8, 4) is 0 Å². The molecule has 0 spiro atoms. The van der Waals surface area contributed by atoms with Crippen molar-refractivity contribution in [3.05, 3.63) is 0 Å². The van der Waals surface area contributed by atoms with Gasteiger partial charge in [0.25, 0.3) is 0 Å². The molecule has 0 fully saturated rings. The zero-order chi connectivity index (χ0) is 3.58. The fraction of sp³-hybridized carbons (Fsp3) is 0. The molecule has 0 aromatic carbocycles. The van der Waals surface area contributed by atoms with Crippen LogP contribution in [0.5, 0.6) is 0 Å². The van der Waals surface area contributed by atoms with Gasteiger partial charge in [-0.3, -0.25) is 0 Å². The molecule has 0 bridgehead atoms. The Morgan fingerprint density at radius 3 is 1.00 bits per heavy atom. The summed E-state index contributed by atoms with van der Waals surface area (Å²) in [4.78, 5) is 0. The number of rotatable bonds is 0. The fourth-order valence-electron chi connectivity index (χ4n) is 0. The number of halogens is 3. The van der Waals surface area contributed by atoms with Crippen molar-refractivity contribution < 1.29 is 33.0 Å². The first-order chi connectivity index (χ1) is 1.73. The maximum atomic E-state index is 9.73. The van der Waals surface area contributed by atoms with Crippen LogP contribution in [0.25, 0.3) is 0 Å². The van der Waals surface area contributed by atoms with Gasteiger partial charge in [-0.15, -0.1) is 0 Å². The van der Waals surface area contributed by atoms with Crippen LogP contribution in [0.2, 0.25) is 0 Å². The van der Waals surface area contributed by atoms with Crippen molar-refractivity contribution in [2.75, 3.05) is 0 Å². The second-order valence-electron chi connectivity index (χ2n) is 0.192. The predicted molar refractivity (Wildman–Crippen MR) is 10.2 cm³/mol. The molecule has 0 atom stereocenters. The first kappa shape index (κ1) is 9.30. The fourth-order valence-corrected chi connectivity index (χ4v) is 0. The van der Waals surface area contributed by atoms with Gasteiger partial charge in [-0.2, -0.15) is 12.6 Å². The summed E-state index contributed by atoms with van der Waals surface area (Å²) in [5, 5.41) is 0. The van der Waals surface area contributed by atoms with Crippen molar-refractivity contribution in [1.82, 2.24) is 0 Å². The number of hydrogen-bond donors (Lipinski definition) is 0. The van der Waals surface area contributed by atoms with Crippen LogP contribution in [-0.2, 0) is 20.4 Å². The monoisotopic (exact) mass is 194 g/mol. The topological polar surface area (TPSA) is 0 Å². The molecule has 0 heterocycles. The summed E-state index contributed by atoms with van der Waals surface area (Å²) in [6.45, 7) is 0. The van der Waals surface area contributed by atoms with E-state index in [-0.39, 0.29) is 20.4 Å². The van der Waals surface area contributed by atoms with Crippen molar-refractivity contribution >= 4 is 8.85 Å². The minimum absolute atomic E-state index is 0. The van der Waals surface area contributed by atoms with Gasteiger partial charge >= 0.3 is 8.85 Å². The first-order valence-corrected chi connectivity index (χ1v) is 1.52. The van der Waals surface area contributed by atoms with Crippen LogP contribution in [0, 0.1) is 0 Å². The summed E-state index contributed by atoms with van der Waals surface area (Å²) in [6, 6.07) is 0. The average Bonchev–Trinajstić information content (AvgIpc) is 0.811. The van der Waals surface area contributed by atoms with Crippen LogP contribution in [0.1, 0.15) is 0 Å². The summed E-state index contributed by atoms with van der Waals surface area (Å²) in [6.07, 6.45) is 0. The van der Waals surface area contributed by atoms with Crippen LogP contribution < -0.4 is 0 Å².